The Labute approximate surface area is 80.8 Å². The minimum absolute atomic E-state index is 0.749. The van der Waals surface area contributed by atoms with E-state index in [-0.39, 0.29) is 0 Å². The molecule has 0 N–H and O–H groups in total. The third-order valence-electron chi connectivity index (χ3n) is 2.26. The van der Waals surface area contributed by atoms with Crippen LogP contribution in [-0.4, -0.2) is 6.54 Å². The molecule has 2 heterocycles. The second kappa shape index (κ2) is 2.80. The molecule has 0 saturated heterocycles. The maximum absolute atomic E-state index is 5.44. The molecule has 0 spiro atoms. The Morgan fingerprint density at radius 3 is 3.14 bits per heavy atom. The van der Waals surface area contributed by atoms with Crippen molar-refractivity contribution < 1.29 is 4.74 Å². The molecule has 68 valence electrons. The van der Waals surface area contributed by atoms with Crippen molar-refractivity contribution in [2.75, 3.05) is 6.54 Å². The largest absolute Gasteiger partial charge is 0.460 e. The Morgan fingerprint density at radius 1 is 1.21 bits per heavy atom. The van der Waals surface area contributed by atoms with Gasteiger partial charge in [-0.2, -0.15) is 0 Å². The molecule has 0 radical (unpaired) electrons. The van der Waals surface area contributed by atoms with Crippen LogP contribution >= 0.6 is 0 Å². The van der Waals surface area contributed by atoms with E-state index in [1.54, 1.807) is 12.5 Å². The standard InChI is InChI=1S/C11H8N2O/c1-2-8-9(12-5-1)3-4-10-11(8)14-7-6-13-10/h1-4,6-7H,5H2. The van der Waals surface area contributed by atoms with Gasteiger partial charge in [0.15, 0.2) is 5.75 Å². The molecule has 0 aliphatic carbocycles. The summed E-state index contributed by atoms with van der Waals surface area (Å²) in [4.78, 5) is 8.59. The monoisotopic (exact) mass is 184 g/mol. The van der Waals surface area contributed by atoms with Crippen molar-refractivity contribution in [1.29, 1.82) is 0 Å². The lowest BCUT2D eigenvalue weighted by molar-refractivity contribution is 0.464. The van der Waals surface area contributed by atoms with E-state index in [1.807, 2.05) is 24.3 Å². The summed E-state index contributed by atoms with van der Waals surface area (Å²) in [5.41, 5.74) is 1.03. The maximum Gasteiger partial charge on any atom is 0.161 e. The minimum Gasteiger partial charge on any atom is -0.460 e. The second-order valence-corrected chi connectivity index (χ2v) is 3.12. The molecule has 0 fully saturated rings. The fourth-order valence-corrected chi connectivity index (χ4v) is 1.63. The van der Waals surface area contributed by atoms with Gasteiger partial charge in [0.1, 0.15) is 11.6 Å². The molecular weight excluding hydrogens is 176 g/mol. The maximum atomic E-state index is 5.44. The average molecular weight is 184 g/mol. The smallest absolute Gasteiger partial charge is 0.161 e. The summed E-state index contributed by atoms with van der Waals surface area (Å²) in [7, 11) is 0. The molecule has 0 amide bonds. The summed E-state index contributed by atoms with van der Waals surface area (Å²) < 4.78 is 5.44. The molecule has 0 saturated carbocycles. The molecule has 14 heavy (non-hydrogen) atoms. The molecule has 3 nitrogen and oxygen atoms in total. The first-order chi connectivity index (χ1) is 6.95. The Bertz CT molecular complexity index is 555. The molecule has 3 rings (SSSR count). The second-order valence-electron chi connectivity index (χ2n) is 3.12. The summed E-state index contributed by atoms with van der Waals surface area (Å²) in [5.74, 6) is 0.810. The lowest BCUT2D eigenvalue weighted by Crippen LogP contribution is -2.19. The molecule has 0 unspecified atom stereocenters. The number of nitrogens with zero attached hydrogens (tertiary/aromatic N) is 2. The molecule has 2 aliphatic heterocycles. The van der Waals surface area contributed by atoms with Gasteiger partial charge >= 0.3 is 0 Å². The van der Waals surface area contributed by atoms with Crippen LogP contribution in [0.25, 0.3) is 6.08 Å². The first kappa shape index (κ1) is 7.50. The van der Waals surface area contributed by atoms with E-state index in [4.69, 9.17) is 4.74 Å². The Balaban J connectivity index is 2.42. The van der Waals surface area contributed by atoms with Crippen LogP contribution in [0.1, 0.15) is 5.56 Å². The van der Waals surface area contributed by atoms with Crippen LogP contribution in [0.2, 0.25) is 0 Å². The number of hydrogen-bond donors (Lipinski definition) is 0. The fraction of sp³-hybridized carbons (Fsp3) is 0.0909. The Morgan fingerprint density at radius 2 is 2.14 bits per heavy atom. The van der Waals surface area contributed by atoms with Gasteiger partial charge in [0.25, 0.3) is 0 Å². The van der Waals surface area contributed by atoms with Crippen molar-refractivity contribution in [3.05, 3.63) is 46.9 Å². The van der Waals surface area contributed by atoms with Crippen molar-refractivity contribution in [2.45, 2.75) is 0 Å². The minimum atomic E-state index is 0.749. The van der Waals surface area contributed by atoms with Gasteiger partial charge in [0, 0.05) is 5.56 Å². The highest BCUT2D eigenvalue weighted by Gasteiger charge is 2.09. The van der Waals surface area contributed by atoms with Crippen molar-refractivity contribution in [3.63, 3.8) is 0 Å². The van der Waals surface area contributed by atoms with Crippen LogP contribution in [0.4, 0.5) is 0 Å². The normalized spacial score (nSPS) is 16.0. The zero-order valence-corrected chi connectivity index (χ0v) is 7.47. The summed E-state index contributed by atoms with van der Waals surface area (Å²) in [6, 6.07) is 3.91. The topological polar surface area (TPSA) is 34.0 Å². The molecule has 2 aliphatic rings. The predicted molar refractivity (Wildman–Crippen MR) is 52.4 cm³/mol. The first-order valence-corrected chi connectivity index (χ1v) is 4.49. The fourth-order valence-electron chi connectivity index (χ4n) is 1.63. The van der Waals surface area contributed by atoms with Crippen molar-refractivity contribution in [1.82, 2.24) is 0 Å². The number of benzene rings is 1. The highest BCUT2D eigenvalue weighted by molar-refractivity contribution is 5.58. The summed E-state index contributed by atoms with van der Waals surface area (Å²) in [6.07, 6.45) is 7.30. The molecule has 0 aromatic heterocycles. The molecule has 0 atom stereocenters. The van der Waals surface area contributed by atoms with Gasteiger partial charge in [-0.25, -0.2) is 4.99 Å². The van der Waals surface area contributed by atoms with Gasteiger partial charge in [0.2, 0.25) is 0 Å². The van der Waals surface area contributed by atoms with E-state index in [1.165, 1.54) is 0 Å². The van der Waals surface area contributed by atoms with Gasteiger partial charge in [0.05, 0.1) is 18.1 Å². The van der Waals surface area contributed by atoms with E-state index in [9.17, 15) is 0 Å². The van der Waals surface area contributed by atoms with E-state index >= 15 is 0 Å². The summed E-state index contributed by atoms with van der Waals surface area (Å²) in [5, 5.41) is 1.85. The average Bonchev–Trinajstić information content (AvgIpc) is 2.29. The molecular formula is C11H8N2O. The van der Waals surface area contributed by atoms with Gasteiger partial charge in [-0.1, -0.05) is 12.2 Å². The summed E-state index contributed by atoms with van der Waals surface area (Å²) >= 11 is 0. The van der Waals surface area contributed by atoms with Gasteiger partial charge in [-0.3, -0.25) is 4.99 Å². The van der Waals surface area contributed by atoms with Crippen LogP contribution in [0.3, 0.4) is 0 Å². The number of rotatable bonds is 0. The van der Waals surface area contributed by atoms with Crippen LogP contribution < -0.4 is 15.5 Å². The summed E-state index contributed by atoms with van der Waals surface area (Å²) in [6.45, 7) is 0.749. The van der Waals surface area contributed by atoms with E-state index in [2.05, 4.69) is 9.98 Å². The van der Waals surface area contributed by atoms with Crippen LogP contribution in [0.15, 0.2) is 40.7 Å². The third-order valence-corrected chi connectivity index (χ3v) is 2.26. The van der Waals surface area contributed by atoms with Gasteiger partial charge in [-0.15, -0.1) is 0 Å². The predicted octanol–water partition coefficient (Wildman–Crippen LogP) is 0.816. The van der Waals surface area contributed by atoms with Crippen LogP contribution in [0.5, 0.6) is 5.75 Å². The highest BCUT2D eigenvalue weighted by atomic mass is 16.5. The zero-order valence-electron chi connectivity index (χ0n) is 7.47. The highest BCUT2D eigenvalue weighted by Crippen LogP contribution is 2.14. The van der Waals surface area contributed by atoms with Gasteiger partial charge in [-0.05, 0) is 12.1 Å². The molecule has 1 aromatic rings. The lowest BCUT2D eigenvalue weighted by Gasteiger charge is -2.10. The Hall–Kier alpha value is -1.90. The van der Waals surface area contributed by atoms with Crippen LogP contribution in [0, 0.1) is 0 Å². The first-order valence-electron chi connectivity index (χ1n) is 4.49. The number of hydrogen-bond acceptors (Lipinski definition) is 3. The number of fused-ring (bicyclic) bond motifs is 3. The van der Waals surface area contributed by atoms with E-state index in [0.29, 0.717) is 0 Å². The molecule has 1 aromatic carbocycles. The lowest BCUT2D eigenvalue weighted by atomic mass is 10.1. The molecule has 0 bridgehead atoms. The quantitative estimate of drug-likeness (QED) is 0.587. The SMILES string of the molecule is C1=Cc2c3c(ccc2=NC1)=NC=CO3. The van der Waals surface area contributed by atoms with Gasteiger partial charge < -0.3 is 4.74 Å². The Kier molecular flexibility index (Phi) is 1.50. The number of ether oxygens (including phenoxy) is 1. The zero-order chi connectivity index (χ0) is 9.38. The van der Waals surface area contributed by atoms with Crippen molar-refractivity contribution in [3.8, 4) is 5.75 Å². The van der Waals surface area contributed by atoms with Crippen LogP contribution in [-0.2, 0) is 0 Å². The van der Waals surface area contributed by atoms with Crippen molar-refractivity contribution >= 4 is 6.08 Å². The van der Waals surface area contributed by atoms with Crippen molar-refractivity contribution in [2.24, 2.45) is 9.98 Å². The third kappa shape index (κ3) is 0.988. The van der Waals surface area contributed by atoms with E-state index < -0.39 is 0 Å². The molecule has 3 heteroatoms. The van der Waals surface area contributed by atoms with E-state index in [0.717, 1.165) is 28.6 Å².